The van der Waals surface area contributed by atoms with Crippen molar-refractivity contribution in [1.29, 1.82) is 0 Å². The van der Waals surface area contributed by atoms with Gasteiger partial charge in [-0.3, -0.25) is 4.55 Å². The van der Waals surface area contributed by atoms with Crippen LogP contribution in [-0.4, -0.2) is 13.0 Å². The van der Waals surface area contributed by atoms with Gasteiger partial charge in [0.15, 0.2) is 0 Å². The second-order valence-corrected chi connectivity index (χ2v) is 5.03. The van der Waals surface area contributed by atoms with E-state index in [1.54, 1.807) is 12.1 Å². The van der Waals surface area contributed by atoms with Gasteiger partial charge in [0.05, 0.1) is 0 Å². The number of benzene rings is 1. The average molecular weight is 214 g/mol. The van der Waals surface area contributed by atoms with Crippen molar-refractivity contribution in [2.75, 3.05) is 0 Å². The third-order valence-corrected chi connectivity index (χ3v) is 2.69. The molecular weight excluding hydrogens is 200 g/mol. The van der Waals surface area contributed by atoms with E-state index < -0.39 is 10.1 Å². The summed E-state index contributed by atoms with van der Waals surface area (Å²) >= 11 is 0. The molecule has 78 valence electrons. The summed E-state index contributed by atoms with van der Waals surface area (Å²) in [5, 5.41) is 0. The van der Waals surface area contributed by atoms with E-state index in [0.29, 0.717) is 5.56 Å². The normalized spacial score (nSPS) is 12.0. The first-order valence-electron chi connectivity index (χ1n) is 4.43. The Labute approximate surface area is 84.5 Å². The zero-order valence-electron chi connectivity index (χ0n) is 8.27. The summed E-state index contributed by atoms with van der Waals surface area (Å²) in [6, 6.07) is 7.24. The van der Waals surface area contributed by atoms with Crippen molar-refractivity contribution in [2.24, 2.45) is 0 Å². The Balaban J connectivity index is 3.08. The van der Waals surface area contributed by atoms with Crippen molar-refractivity contribution in [3.05, 3.63) is 35.4 Å². The third-order valence-electron chi connectivity index (χ3n) is 2.02. The van der Waals surface area contributed by atoms with Crippen LogP contribution in [0.25, 0.3) is 0 Å². The first-order chi connectivity index (χ1) is 6.40. The molecule has 0 aliphatic heterocycles. The lowest BCUT2D eigenvalue weighted by atomic mass is 9.98. The Morgan fingerprint density at radius 3 is 2.36 bits per heavy atom. The van der Waals surface area contributed by atoms with Crippen LogP contribution >= 0.6 is 0 Å². The van der Waals surface area contributed by atoms with Gasteiger partial charge < -0.3 is 0 Å². The predicted octanol–water partition coefficient (Wildman–Crippen LogP) is 2.20. The van der Waals surface area contributed by atoms with Gasteiger partial charge in [0, 0.05) is 0 Å². The maximum Gasteiger partial charge on any atom is 0.269 e. The summed E-state index contributed by atoms with van der Waals surface area (Å²) in [5.41, 5.74) is 1.63. The summed E-state index contributed by atoms with van der Waals surface area (Å²) < 4.78 is 30.2. The molecule has 1 N–H and O–H groups in total. The molecule has 0 aliphatic carbocycles. The third kappa shape index (κ3) is 3.12. The van der Waals surface area contributed by atoms with Crippen molar-refractivity contribution in [1.82, 2.24) is 0 Å². The molecule has 0 atom stereocenters. The standard InChI is InChI=1S/C10H14O3S/c1-8(2)10-6-4-3-5-9(10)7-14(11,12)13/h3-6,8H,7H2,1-2H3,(H,11,12,13). The minimum Gasteiger partial charge on any atom is -0.285 e. The minimum atomic E-state index is -3.93. The molecule has 14 heavy (non-hydrogen) atoms. The molecule has 0 aliphatic rings. The van der Waals surface area contributed by atoms with Gasteiger partial charge in [0.1, 0.15) is 5.75 Å². The fourth-order valence-corrected chi connectivity index (χ4v) is 2.08. The molecule has 0 saturated carbocycles. The molecule has 0 saturated heterocycles. The molecule has 3 nitrogen and oxygen atoms in total. The molecule has 4 heteroatoms. The number of hydrogen-bond acceptors (Lipinski definition) is 2. The van der Waals surface area contributed by atoms with Crippen LogP contribution in [0.3, 0.4) is 0 Å². The van der Waals surface area contributed by atoms with Crippen LogP contribution in [0.1, 0.15) is 30.9 Å². The molecule has 0 fully saturated rings. The number of rotatable bonds is 3. The van der Waals surface area contributed by atoms with E-state index in [9.17, 15) is 8.42 Å². The molecule has 0 radical (unpaired) electrons. The fraction of sp³-hybridized carbons (Fsp3) is 0.400. The van der Waals surface area contributed by atoms with E-state index in [2.05, 4.69) is 0 Å². The highest BCUT2D eigenvalue weighted by Gasteiger charge is 2.11. The molecule has 0 spiro atoms. The first kappa shape index (κ1) is 11.2. The molecule has 1 aromatic rings. The van der Waals surface area contributed by atoms with Crippen LogP contribution < -0.4 is 0 Å². The molecule has 0 unspecified atom stereocenters. The van der Waals surface area contributed by atoms with E-state index in [1.807, 2.05) is 26.0 Å². The van der Waals surface area contributed by atoms with Gasteiger partial charge in [-0.05, 0) is 17.0 Å². The second-order valence-electron chi connectivity index (χ2n) is 3.58. The van der Waals surface area contributed by atoms with Crippen molar-refractivity contribution in [3.8, 4) is 0 Å². The van der Waals surface area contributed by atoms with Gasteiger partial charge in [-0.1, -0.05) is 38.1 Å². The second kappa shape index (κ2) is 4.11. The Bertz CT molecular complexity index is 407. The van der Waals surface area contributed by atoms with Crippen molar-refractivity contribution in [2.45, 2.75) is 25.5 Å². The highest BCUT2D eigenvalue weighted by atomic mass is 32.2. The highest BCUT2D eigenvalue weighted by molar-refractivity contribution is 7.85. The monoisotopic (exact) mass is 214 g/mol. The van der Waals surface area contributed by atoms with E-state index in [0.717, 1.165) is 5.56 Å². The number of hydrogen-bond donors (Lipinski definition) is 1. The molecule has 0 heterocycles. The molecule has 1 rings (SSSR count). The summed E-state index contributed by atoms with van der Waals surface area (Å²) in [6.07, 6.45) is 0. The molecule has 0 amide bonds. The van der Waals surface area contributed by atoms with Gasteiger partial charge in [0.2, 0.25) is 0 Å². The lowest BCUT2D eigenvalue weighted by molar-refractivity contribution is 0.482. The van der Waals surface area contributed by atoms with Crippen molar-refractivity contribution < 1.29 is 13.0 Å². The maximum absolute atomic E-state index is 10.7. The van der Waals surface area contributed by atoms with E-state index in [-0.39, 0.29) is 11.7 Å². The summed E-state index contributed by atoms with van der Waals surface area (Å²) in [4.78, 5) is 0. The van der Waals surface area contributed by atoms with Crippen molar-refractivity contribution >= 4 is 10.1 Å². The van der Waals surface area contributed by atoms with Crippen LogP contribution in [0.2, 0.25) is 0 Å². The molecule has 0 bridgehead atoms. The maximum atomic E-state index is 10.7. The van der Waals surface area contributed by atoms with Crippen LogP contribution in [0, 0.1) is 0 Å². The minimum absolute atomic E-state index is 0.257. The topological polar surface area (TPSA) is 54.4 Å². The zero-order valence-corrected chi connectivity index (χ0v) is 9.08. The predicted molar refractivity (Wildman–Crippen MR) is 55.8 cm³/mol. The van der Waals surface area contributed by atoms with Gasteiger partial charge in [-0.25, -0.2) is 0 Å². The largest absolute Gasteiger partial charge is 0.285 e. The van der Waals surface area contributed by atoms with Crippen LogP contribution in [0.5, 0.6) is 0 Å². The van der Waals surface area contributed by atoms with Gasteiger partial charge in [-0.15, -0.1) is 0 Å². The summed E-state index contributed by atoms with van der Waals surface area (Å²) in [7, 11) is -3.93. The summed E-state index contributed by atoms with van der Waals surface area (Å²) in [5.74, 6) is -0.0469. The lowest BCUT2D eigenvalue weighted by Crippen LogP contribution is -2.05. The Hall–Kier alpha value is -0.870. The van der Waals surface area contributed by atoms with E-state index in [4.69, 9.17) is 4.55 Å². The zero-order chi connectivity index (χ0) is 10.8. The van der Waals surface area contributed by atoms with E-state index in [1.165, 1.54) is 0 Å². The van der Waals surface area contributed by atoms with Crippen LogP contribution in [0.4, 0.5) is 0 Å². The van der Waals surface area contributed by atoms with Gasteiger partial charge in [0.25, 0.3) is 10.1 Å². The molecule has 0 aromatic heterocycles. The Morgan fingerprint density at radius 1 is 1.29 bits per heavy atom. The van der Waals surface area contributed by atoms with E-state index >= 15 is 0 Å². The molecular formula is C10H14O3S. The van der Waals surface area contributed by atoms with Gasteiger partial charge >= 0.3 is 0 Å². The van der Waals surface area contributed by atoms with Gasteiger partial charge in [-0.2, -0.15) is 8.42 Å². The highest BCUT2D eigenvalue weighted by Crippen LogP contribution is 2.20. The first-order valence-corrected chi connectivity index (χ1v) is 6.04. The Morgan fingerprint density at radius 2 is 1.86 bits per heavy atom. The smallest absolute Gasteiger partial charge is 0.269 e. The Kier molecular flexibility index (Phi) is 3.29. The summed E-state index contributed by atoms with van der Waals surface area (Å²) in [6.45, 7) is 3.98. The fourth-order valence-electron chi connectivity index (χ4n) is 1.43. The molecule has 1 aromatic carbocycles. The average Bonchev–Trinajstić information content (AvgIpc) is 2.01. The van der Waals surface area contributed by atoms with Crippen molar-refractivity contribution in [3.63, 3.8) is 0 Å². The SMILES string of the molecule is CC(C)c1ccccc1CS(=O)(=O)O. The lowest BCUT2D eigenvalue weighted by Gasteiger charge is -2.10. The quantitative estimate of drug-likeness (QED) is 0.785. The van der Waals surface area contributed by atoms with Crippen LogP contribution in [-0.2, 0) is 15.9 Å². The van der Waals surface area contributed by atoms with Crippen LogP contribution in [0.15, 0.2) is 24.3 Å².